The Hall–Kier alpha value is -1.62. The molecule has 1 fully saturated rings. The molecule has 2 unspecified atom stereocenters. The predicted octanol–water partition coefficient (Wildman–Crippen LogP) is 2.01. The average Bonchev–Trinajstić information content (AvgIpc) is 2.84. The fourth-order valence-corrected chi connectivity index (χ4v) is 2.27. The lowest BCUT2D eigenvalue weighted by Crippen LogP contribution is -2.23. The van der Waals surface area contributed by atoms with Crippen LogP contribution < -0.4 is 5.32 Å². The van der Waals surface area contributed by atoms with E-state index in [0.717, 1.165) is 26.0 Å². The number of nitrogens with one attached hydrogen (secondary N) is 1. The van der Waals surface area contributed by atoms with Crippen molar-refractivity contribution in [1.82, 2.24) is 4.98 Å². The number of carbonyl (C=O) groups is 1. The molecule has 2 heterocycles. The van der Waals surface area contributed by atoms with Gasteiger partial charge >= 0.3 is 5.97 Å². The van der Waals surface area contributed by atoms with Crippen molar-refractivity contribution in [2.24, 2.45) is 5.92 Å². The highest BCUT2D eigenvalue weighted by Crippen LogP contribution is 2.23. The Balaban J connectivity index is 1.93. The second-order valence-electron chi connectivity index (χ2n) is 4.46. The summed E-state index contributed by atoms with van der Waals surface area (Å²) >= 11 is 0. The molecule has 2 N–H and O–H groups in total. The number of ether oxygens (including phenoxy) is 1. The first-order valence-electron chi connectivity index (χ1n) is 6.26. The van der Waals surface area contributed by atoms with Crippen LogP contribution in [0.3, 0.4) is 0 Å². The first-order valence-corrected chi connectivity index (χ1v) is 6.26. The summed E-state index contributed by atoms with van der Waals surface area (Å²) in [5, 5.41) is 12.1. The van der Waals surface area contributed by atoms with Gasteiger partial charge in [-0.25, -0.2) is 9.78 Å². The van der Waals surface area contributed by atoms with E-state index in [1.54, 1.807) is 12.1 Å². The molecule has 1 aromatic heterocycles. The van der Waals surface area contributed by atoms with Crippen molar-refractivity contribution in [2.75, 3.05) is 18.5 Å². The van der Waals surface area contributed by atoms with Gasteiger partial charge in [-0.15, -0.1) is 0 Å². The highest BCUT2D eigenvalue weighted by Gasteiger charge is 2.26. The molecule has 0 spiro atoms. The van der Waals surface area contributed by atoms with E-state index in [-0.39, 0.29) is 5.69 Å². The molecule has 0 saturated carbocycles. The molecule has 5 heteroatoms. The van der Waals surface area contributed by atoms with Gasteiger partial charge in [0.15, 0.2) is 5.69 Å². The van der Waals surface area contributed by atoms with Crippen LogP contribution in [0.4, 0.5) is 5.82 Å². The fraction of sp³-hybridized carbons (Fsp3) is 0.538. The molecule has 2 rings (SSSR count). The molecule has 2 atom stereocenters. The van der Waals surface area contributed by atoms with Crippen LogP contribution in [0.5, 0.6) is 0 Å². The summed E-state index contributed by atoms with van der Waals surface area (Å²) < 4.78 is 5.61. The standard InChI is InChI=1S/C13H18N2O3/c1-2-11-9(6-7-18-11)8-14-12-5-3-4-10(15-12)13(16)17/h3-5,9,11H,2,6-8H2,1H3,(H,14,15)(H,16,17). The van der Waals surface area contributed by atoms with Gasteiger partial charge in [0.1, 0.15) is 5.82 Å². The van der Waals surface area contributed by atoms with Gasteiger partial charge in [-0.1, -0.05) is 13.0 Å². The van der Waals surface area contributed by atoms with E-state index in [9.17, 15) is 4.79 Å². The van der Waals surface area contributed by atoms with E-state index in [2.05, 4.69) is 17.2 Å². The highest BCUT2D eigenvalue weighted by atomic mass is 16.5. The van der Waals surface area contributed by atoms with Crippen LogP contribution in [0.2, 0.25) is 0 Å². The van der Waals surface area contributed by atoms with Crippen LogP contribution in [0.25, 0.3) is 0 Å². The number of pyridine rings is 1. The number of aromatic carboxylic acids is 1. The molecule has 0 aromatic carbocycles. The Bertz CT molecular complexity index is 422. The minimum Gasteiger partial charge on any atom is -0.477 e. The van der Waals surface area contributed by atoms with Gasteiger partial charge in [0.2, 0.25) is 0 Å². The maximum atomic E-state index is 10.8. The zero-order valence-corrected chi connectivity index (χ0v) is 10.4. The van der Waals surface area contributed by atoms with Crippen molar-refractivity contribution in [2.45, 2.75) is 25.9 Å². The van der Waals surface area contributed by atoms with Crippen LogP contribution in [0.15, 0.2) is 18.2 Å². The summed E-state index contributed by atoms with van der Waals surface area (Å²) in [6, 6.07) is 4.96. The lowest BCUT2D eigenvalue weighted by atomic mass is 10.00. The maximum absolute atomic E-state index is 10.8. The Morgan fingerprint density at radius 2 is 2.44 bits per heavy atom. The monoisotopic (exact) mass is 250 g/mol. The van der Waals surface area contributed by atoms with E-state index >= 15 is 0 Å². The van der Waals surface area contributed by atoms with Crippen molar-refractivity contribution >= 4 is 11.8 Å². The summed E-state index contributed by atoms with van der Waals surface area (Å²) in [4.78, 5) is 14.8. The summed E-state index contributed by atoms with van der Waals surface area (Å²) in [7, 11) is 0. The lowest BCUT2D eigenvalue weighted by molar-refractivity contribution is 0.0690. The third-order valence-corrected chi connectivity index (χ3v) is 3.26. The number of hydrogen-bond acceptors (Lipinski definition) is 4. The van der Waals surface area contributed by atoms with Gasteiger partial charge in [-0.05, 0) is 25.0 Å². The molecule has 0 aliphatic carbocycles. The van der Waals surface area contributed by atoms with Gasteiger partial charge in [-0.3, -0.25) is 0 Å². The van der Waals surface area contributed by atoms with Crippen LogP contribution >= 0.6 is 0 Å². The number of anilines is 1. The smallest absolute Gasteiger partial charge is 0.354 e. The molecule has 1 aromatic rings. The minimum atomic E-state index is -1.01. The molecule has 0 radical (unpaired) electrons. The van der Waals surface area contributed by atoms with Gasteiger partial charge < -0.3 is 15.2 Å². The number of rotatable bonds is 5. The third kappa shape index (κ3) is 2.98. The van der Waals surface area contributed by atoms with E-state index < -0.39 is 5.97 Å². The average molecular weight is 250 g/mol. The number of nitrogens with zero attached hydrogens (tertiary/aromatic N) is 1. The Morgan fingerprint density at radius 3 is 3.17 bits per heavy atom. The SMILES string of the molecule is CCC1OCCC1CNc1cccc(C(=O)O)n1. The molecule has 5 nitrogen and oxygen atoms in total. The molecule has 18 heavy (non-hydrogen) atoms. The van der Waals surface area contributed by atoms with E-state index in [1.165, 1.54) is 6.07 Å². The number of carboxylic acid groups (broad SMARTS) is 1. The van der Waals surface area contributed by atoms with Gasteiger partial charge in [0.25, 0.3) is 0 Å². The maximum Gasteiger partial charge on any atom is 0.354 e. The van der Waals surface area contributed by atoms with E-state index in [1.807, 2.05) is 0 Å². The Kier molecular flexibility index (Phi) is 4.15. The van der Waals surface area contributed by atoms with Gasteiger partial charge in [-0.2, -0.15) is 0 Å². The predicted molar refractivity (Wildman–Crippen MR) is 67.8 cm³/mol. The van der Waals surface area contributed by atoms with Gasteiger partial charge in [0, 0.05) is 19.1 Å². The second-order valence-corrected chi connectivity index (χ2v) is 4.46. The summed E-state index contributed by atoms with van der Waals surface area (Å²) in [5.41, 5.74) is 0.0645. The van der Waals surface area contributed by atoms with Crippen LogP contribution in [-0.2, 0) is 4.74 Å². The van der Waals surface area contributed by atoms with Crippen molar-refractivity contribution in [3.05, 3.63) is 23.9 Å². The van der Waals surface area contributed by atoms with Crippen molar-refractivity contribution in [3.63, 3.8) is 0 Å². The molecule has 0 amide bonds. The fourth-order valence-electron chi connectivity index (χ4n) is 2.27. The van der Waals surface area contributed by atoms with Gasteiger partial charge in [0.05, 0.1) is 6.10 Å². The van der Waals surface area contributed by atoms with Crippen molar-refractivity contribution in [3.8, 4) is 0 Å². The normalized spacial score (nSPS) is 22.9. The molecular weight excluding hydrogens is 232 g/mol. The first kappa shape index (κ1) is 12.8. The van der Waals surface area contributed by atoms with Crippen LogP contribution in [0, 0.1) is 5.92 Å². The Labute approximate surface area is 106 Å². The topological polar surface area (TPSA) is 71.5 Å². The van der Waals surface area contributed by atoms with Crippen molar-refractivity contribution < 1.29 is 14.6 Å². The summed E-state index contributed by atoms with van der Waals surface area (Å²) in [6.45, 7) is 3.70. The highest BCUT2D eigenvalue weighted by molar-refractivity contribution is 5.85. The van der Waals surface area contributed by atoms with Crippen molar-refractivity contribution in [1.29, 1.82) is 0 Å². The molecule has 1 aliphatic rings. The second kappa shape index (κ2) is 5.82. The molecule has 0 bridgehead atoms. The first-order chi connectivity index (χ1) is 8.70. The number of aromatic nitrogens is 1. The minimum absolute atomic E-state index is 0.0645. The third-order valence-electron chi connectivity index (χ3n) is 3.26. The summed E-state index contributed by atoms with van der Waals surface area (Å²) in [6.07, 6.45) is 2.36. The summed E-state index contributed by atoms with van der Waals surface area (Å²) in [5.74, 6) is 0.0798. The molecular formula is C13H18N2O3. The number of hydrogen-bond donors (Lipinski definition) is 2. The van der Waals surface area contributed by atoms with E-state index in [4.69, 9.17) is 9.84 Å². The van der Waals surface area contributed by atoms with E-state index in [0.29, 0.717) is 17.8 Å². The van der Waals surface area contributed by atoms with Crippen LogP contribution in [-0.4, -0.2) is 35.3 Å². The zero-order valence-electron chi connectivity index (χ0n) is 10.4. The largest absolute Gasteiger partial charge is 0.477 e. The lowest BCUT2D eigenvalue weighted by Gasteiger charge is -2.17. The Morgan fingerprint density at radius 1 is 1.61 bits per heavy atom. The molecule has 1 saturated heterocycles. The zero-order chi connectivity index (χ0) is 13.0. The quantitative estimate of drug-likeness (QED) is 0.836. The number of carboxylic acids is 1. The van der Waals surface area contributed by atoms with Crippen LogP contribution in [0.1, 0.15) is 30.3 Å². The molecule has 98 valence electrons. The molecule has 1 aliphatic heterocycles.